The molecule has 1 atom stereocenters. The molecule has 2 aliphatic heterocycles. The van der Waals surface area contributed by atoms with Gasteiger partial charge in [-0.05, 0) is 43.4 Å². The van der Waals surface area contributed by atoms with Gasteiger partial charge in [0.2, 0.25) is 5.91 Å². The minimum Gasteiger partial charge on any atom is -0.486 e. The number of ether oxygens (including phenoxy) is 1. The van der Waals surface area contributed by atoms with Crippen molar-refractivity contribution in [3.63, 3.8) is 0 Å². The minimum atomic E-state index is -0.0276. The summed E-state index contributed by atoms with van der Waals surface area (Å²) in [6.07, 6.45) is 3.09. The third-order valence-electron chi connectivity index (χ3n) is 6.21. The average molecular weight is 422 g/mol. The Kier molecular flexibility index (Phi) is 6.75. The first-order chi connectivity index (χ1) is 15.2. The van der Waals surface area contributed by atoms with Crippen LogP contribution < -0.4 is 15.0 Å². The SMILES string of the molecule is CC[C@@H]1CN(C(=O)N2CCC(C(=O)NCCc3ccccc3)CC2)c2ccccc2O1. The van der Waals surface area contributed by atoms with E-state index in [0.29, 0.717) is 39.0 Å². The first-order valence-corrected chi connectivity index (χ1v) is 11.3. The van der Waals surface area contributed by atoms with Crippen LogP contribution in [0.25, 0.3) is 0 Å². The predicted octanol–water partition coefficient (Wildman–Crippen LogP) is 3.85. The van der Waals surface area contributed by atoms with Crippen molar-refractivity contribution in [2.45, 2.75) is 38.7 Å². The molecule has 6 nitrogen and oxygen atoms in total. The second-order valence-electron chi connectivity index (χ2n) is 8.30. The summed E-state index contributed by atoms with van der Waals surface area (Å²) in [4.78, 5) is 29.6. The van der Waals surface area contributed by atoms with E-state index in [0.717, 1.165) is 24.3 Å². The normalized spacial score (nSPS) is 18.8. The molecule has 2 heterocycles. The smallest absolute Gasteiger partial charge is 0.324 e. The highest BCUT2D eigenvalue weighted by molar-refractivity contribution is 5.94. The number of nitrogens with zero attached hydrogens (tertiary/aromatic N) is 2. The first kappa shape index (κ1) is 21.2. The first-order valence-electron chi connectivity index (χ1n) is 11.3. The van der Waals surface area contributed by atoms with Crippen LogP contribution in [-0.4, -0.2) is 49.1 Å². The second kappa shape index (κ2) is 9.86. The number of carbonyl (C=O) groups excluding carboxylic acids is 2. The molecular weight excluding hydrogens is 390 g/mol. The van der Waals surface area contributed by atoms with Crippen LogP contribution in [0.1, 0.15) is 31.7 Å². The fourth-order valence-electron chi connectivity index (χ4n) is 4.31. The average Bonchev–Trinajstić information content (AvgIpc) is 2.83. The Balaban J connectivity index is 1.29. The van der Waals surface area contributed by atoms with Crippen LogP contribution in [0.5, 0.6) is 5.75 Å². The van der Waals surface area contributed by atoms with E-state index in [1.807, 2.05) is 52.3 Å². The van der Waals surface area contributed by atoms with Gasteiger partial charge < -0.3 is 15.0 Å². The maximum absolute atomic E-state index is 13.3. The van der Waals surface area contributed by atoms with Crippen LogP contribution in [0.4, 0.5) is 10.5 Å². The van der Waals surface area contributed by atoms with Crippen molar-refractivity contribution < 1.29 is 14.3 Å². The van der Waals surface area contributed by atoms with Gasteiger partial charge in [-0.3, -0.25) is 9.69 Å². The Labute approximate surface area is 184 Å². The summed E-state index contributed by atoms with van der Waals surface area (Å²) in [6.45, 7) is 4.48. The molecule has 1 saturated heterocycles. The number of rotatable bonds is 5. The molecule has 0 aliphatic carbocycles. The lowest BCUT2D eigenvalue weighted by molar-refractivity contribution is -0.126. The molecule has 0 radical (unpaired) electrons. The van der Waals surface area contributed by atoms with Gasteiger partial charge in [0.25, 0.3) is 0 Å². The highest BCUT2D eigenvalue weighted by Gasteiger charge is 2.34. The molecule has 0 bridgehead atoms. The number of fused-ring (bicyclic) bond motifs is 1. The van der Waals surface area contributed by atoms with Crippen LogP contribution in [0, 0.1) is 5.92 Å². The van der Waals surface area contributed by atoms with Crippen molar-refractivity contribution >= 4 is 17.6 Å². The number of hydrogen-bond acceptors (Lipinski definition) is 3. The molecule has 164 valence electrons. The fraction of sp³-hybridized carbons (Fsp3) is 0.440. The van der Waals surface area contributed by atoms with E-state index in [9.17, 15) is 9.59 Å². The van der Waals surface area contributed by atoms with Crippen LogP contribution >= 0.6 is 0 Å². The third-order valence-corrected chi connectivity index (χ3v) is 6.21. The molecule has 0 aromatic heterocycles. The van der Waals surface area contributed by atoms with Gasteiger partial charge in [-0.25, -0.2) is 4.79 Å². The minimum absolute atomic E-state index is 0.00628. The fourth-order valence-corrected chi connectivity index (χ4v) is 4.31. The molecule has 0 spiro atoms. The van der Waals surface area contributed by atoms with Gasteiger partial charge in [-0.2, -0.15) is 0 Å². The molecular formula is C25H31N3O3. The van der Waals surface area contributed by atoms with E-state index in [2.05, 4.69) is 24.4 Å². The third kappa shape index (κ3) is 5.01. The number of anilines is 1. The zero-order valence-corrected chi connectivity index (χ0v) is 18.1. The lowest BCUT2D eigenvalue weighted by Crippen LogP contribution is -2.52. The maximum Gasteiger partial charge on any atom is 0.324 e. The molecule has 2 aromatic carbocycles. The van der Waals surface area contributed by atoms with E-state index in [-0.39, 0.29) is 24.0 Å². The van der Waals surface area contributed by atoms with Crippen molar-refractivity contribution in [3.05, 3.63) is 60.2 Å². The second-order valence-corrected chi connectivity index (χ2v) is 8.30. The number of urea groups is 1. The van der Waals surface area contributed by atoms with Crippen molar-refractivity contribution in [2.75, 3.05) is 31.1 Å². The van der Waals surface area contributed by atoms with Gasteiger partial charge in [0.15, 0.2) is 0 Å². The highest BCUT2D eigenvalue weighted by Crippen LogP contribution is 2.35. The van der Waals surface area contributed by atoms with Gasteiger partial charge in [0, 0.05) is 25.6 Å². The van der Waals surface area contributed by atoms with Crippen molar-refractivity contribution in [3.8, 4) is 5.75 Å². The van der Waals surface area contributed by atoms with Gasteiger partial charge in [0.05, 0.1) is 12.2 Å². The molecule has 4 rings (SSSR count). The number of carbonyl (C=O) groups is 2. The summed E-state index contributed by atoms with van der Waals surface area (Å²) in [5.74, 6) is 0.840. The van der Waals surface area contributed by atoms with Crippen LogP contribution in [0.2, 0.25) is 0 Å². The highest BCUT2D eigenvalue weighted by atomic mass is 16.5. The number of nitrogens with one attached hydrogen (secondary N) is 1. The van der Waals surface area contributed by atoms with E-state index in [4.69, 9.17) is 4.74 Å². The Morgan fingerprint density at radius 3 is 2.48 bits per heavy atom. The van der Waals surface area contributed by atoms with E-state index >= 15 is 0 Å². The van der Waals surface area contributed by atoms with E-state index < -0.39 is 0 Å². The lowest BCUT2D eigenvalue weighted by atomic mass is 9.96. The van der Waals surface area contributed by atoms with Gasteiger partial charge >= 0.3 is 6.03 Å². The Morgan fingerprint density at radius 2 is 1.74 bits per heavy atom. The summed E-state index contributed by atoms with van der Waals surface area (Å²) in [6, 6.07) is 17.9. The molecule has 1 N–H and O–H groups in total. The van der Waals surface area contributed by atoms with Crippen LogP contribution in [0.15, 0.2) is 54.6 Å². The predicted molar refractivity (Wildman–Crippen MR) is 121 cm³/mol. The van der Waals surface area contributed by atoms with Gasteiger partial charge in [-0.15, -0.1) is 0 Å². The zero-order valence-electron chi connectivity index (χ0n) is 18.1. The molecule has 2 aliphatic rings. The van der Waals surface area contributed by atoms with Crippen LogP contribution in [0.3, 0.4) is 0 Å². The number of piperidine rings is 1. The summed E-state index contributed by atoms with van der Waals surface area (Å²) in [5, 5.41) is 3.07. The van der Waals surface area contributed by atoms with E-state index in [1.54, 1.807) is 0 Å². The van der Waals surface area contributed by atoms with E-state index in [1.165, 1.54) is 5.56 Å². The number of benzene rings is 2. The van der Waals surface area contributed by atoms with Gasteiger partial charge in [-0.1, -0.05) is 49.4 Å². The number of likely N-dealkylation sites (tertiary alicyclic amines) is 1. The van der Waals surface area contributed by atoms with Gasteiger partial charge in [0.1, 0.15) is 11.9 Å². The number of para-hydroxylation sites is 2. The lowest BCUT2D eigenvalue weighted by Gasteiger charge is -2.39. The standard InChI is InChI=1S/C25H31N3O3/c1-2-21-18-28(22-10-6-7-11-23(22)31-21)25(30)27-16-13-20(14-17-27)24(29)26-15-12-19-8-4-3-5-9-19/h3-11,20-21H,2,12-18H2,1H3,(H,26,29)/t21-/m1/s1. The summed E-state index contributed by atoms with van der Waals surface area (Å²) in [7, 11) is 0. The molecule has 2 aromatic rings. The monoisotopic (exact) mass is 421 g/mol. The quantitative estimate of drug-likeness (QED) is 0.798. The molecule has 1 fully saturated rings. The van der Waals surface area contributed by atoms with Crippen LogP contribution in [-0.2, 0) is 11.2 Å². The topological polar surface area (TPSA) is 61.9 Å². The molecule has 31 heavy (non-hydrogen) atoms. The summed E-state index contributed by atoms with van der Waals surface area (Å²) >= 11 is 0. The van der Waals surface area contributed by atoms with Crippen molar-refractivity contribution in [2.24, 2.45) is 5.92 Å². The van der Waals surface area contributed by atoms with Crippen molar-refractivity contribution in [1.82, 2.24) is 10.2 Å². The molecule has 3 amide bonds. The number of amides is 3. The Hall–Kier alpha value is -3.02. The largest absolute Gasteiger partial charge is 0.486 e. The Morgan fingerprint density at radius 1 is 1.03 bits per heavy atom. The molecule has 6 heteroatoms. The molecule has 0 saturated carbocycles. The maximum atomic E-state index is 13.3. The van der Waals surface area contributed by atoms with Crippen molar-refractivity contribution in [1.29, 1.82) is 0 Å². The summed E-state index contributed by atoms with van der Waals surface area (Å²) < 4.78 is 6.00. The Bertz CT molecular complexity index is 894. The zero-order chi connectivity index (χ0) is 21.6. The number of hydrogen-bond donors (Lipinski definition) is 1. The molecule has 0 unspecified atom stereocenters. The summed E-state index contributed by atoms with van der Waals surface area (Å²) in [5.41, 5.74) is 2.05.